The van der Waals surface area contributed by atoms with E-state index in [9.17, 15) is 9.90 Å². The molecule has 0 spiro atoms. The van der Waals surface area contributed by atoms with E-state index >= 15 is 0 Å². The molecule has 96 valence electrons. The molecule has 1 aromatic rings. The highest BCUT2D eigenvalue weighted by Crippen LogP contribution is 2.27. The van der Waals surface area contributed by atoms with Crippen molar-refractivity contribution in [3.05, 3.63) is 42.0 Å². The van der Waals surface area contributed by atoms with Crippen molar-refractivity contribution in [2.24, 2.45) is 0 Å². The number of ether oxygens (including phenoxy) is 2. The number of hydrogen-bond donors (Lipinski definition) is 1. The minimum absolute atomic E-state index is 0.0460. The third-order valence-corrected chi connectivity index (χ3v) is 2.23. The van der Waals surface area contributed by atoms with Crippen LogP contribution >= 0.6 is 0 Å². The normalized spacial score (nSPS) is 10.9. The van der Waals surface area contributed by atoms with Crippen LogP contribution in [0.2, 0.25) is 0 Å². The lowest BCUT2D eigenvalue weighted by Gasteiger charge is -2.07. The smallest absolute Gasteiger partial charge is 0.333 e. The molecule has 18 heavy (non-hydrogen) atoms. The molecular formula is C14H16O4. The molecular weight excluding hydrogens is 232 g/mol. The van der Waals surface area contributed by atoms with Crippen molar-refractivity contribution in [1.29, 1.82) is 0 Å². The number of methoxy groups -OCH3 is 1. The molecule has 0 heterocycles. The summed E-state index contributed by atoms with van der Waals surface area (Å²) in [5.74, 6) is 0.00247. The molecule has 0 saturated heterocycles. The van der Waals surface area contributed by atoms with Gasteiger partial charge in [-0.05, 0) is 30.7 Å². The summed E-state index contributed by atoms with van der Waals surface area (Å²) in [5, 5.41) is 9.58. The molecule has 4 nitrogen and oxygen atoms in total. The molecule has 0 radical (unpaired) electrons. The maximum Gasteiger partial charge on any atom is 0.333 e. The number of carbonyl (C=O) groups is 1. The molecule has 0 aromatic heterocycles. The average Bonchev–Trinajstić information content (AvgIpc) is 2.38. The van der Waals surface area contributed by atoms with Crippen molar-refractivity contribution < 1.29 is 19.4 Å². The Morgan fingerprint density at radius 1 is 1.50 bits per heavy atom. The Morgan fingerprint density at radius 3 is 2.83 bits per heavy atom. The van der Waals surface area contributed by atoms with Gasteiger partial charge >= 0.3 is 5.97 Å². The molecule has 1 rings (SSSR count). The Labute approximate surface area is 106 Å². The summed E-state index contributed by atoms with van der Waals surface area (Å²) in [4.78, 5) is 11.3. The van der Waals surface area contributed by atoms with E-state index in [-0.39, 0.29) is 5.75 Å². The van der Waals surface area contributed by atoms with Crippen LogP contribution in [0.25, 0.3) is 6.08 Å². The summed E-state index contributed by atoms with van der Waals surface area (Å²) in [6.07, 6.45) is 3.24. The fourth-order valence-electron chi connectivity index (χ4n) is 1.35. The maximum atomic E-state index is 11.3. The molecule has 0 fully saturated rings. The van der Waals surface area contributed by atoms with E-state index in [1.54, 1.807) is 31.2 Å². The first kappa shape index (κ1) is 13.8. The van der Waals surface area contributed by atoms with Crippen molar-refractivity contribution in [2.45, 2.75) is 6.92 Å². The number of esters is 1. The van der Waals surface area contributed by atoms with Gasteiger partial charge < -0.3 is 14.6 Å². The van der Waals surface area contributed by atoms with Crippen LogP contribution in [0.1, 0.15) is 12.5 Å². The van der Waals surface area contributed by atoms with Gasteiger partial charge in [-0.1, -0.05) is 18.7 Å². The first-order valence-electron chi connectivity index (χ1n) is 5.41. The van der Waals surface area contributed by atoms with E-state index in [1.807, 2.05) is 0 Å². The van der Waals surface area contributed by atoms with Gasteiger partial charge in [-0.15, -0.1) is 0 Å². The van der Waals surface area contributed by atoms with Crippen molar-refractivity contribution in [2.75, 3.05) is 13.7 Å². The minimum Gasteiger partial charge on any atom is -0.504 e. The molecule has 4 heteroatoms. The number of phenolic OH excluding ortho intramolecular Hbond substituents is 1. The molecule has 0 bridgehead atoms. The predicted molar refractivity (Wildman–Crippen MR) is 69.5 cm³/mol. The fourth-order valence-corrected chi connectivity index (χ4v) is 1.35. The molecule has 0 aliphatic heterocycles. The highest BCUT2D eigenvalue weighted by molar-refractivity contribution is 5.92. The van der Waals surface area contributed by atoms with Crippen molar-refractivity contribution >= 4 is 12.0 Å². The summed E-state index contributed by atoms with van der Waals surface area (Å²) in [7, 11) is 1.33. The van der Waals surface area contributed by atoms with E-state index in [2.05, 4.69) is 11.3 Å². The zero-order valence-electron chi connectivity index (χ0n) is 10.5. The molecule has 0 aliphatic carbocycles. The van der Waals surface area contributed by atoms with E-state index < -0.39 is 5.97 Å². The Morgan fingerprint density at radius 2 is 2.22 bits per heavy atom. The van der Waals surface area contributed by atoms with Crippen LogP contribution < -0.4 is 4.74 Å². The molecule has 0 aliphatic rings. The summed E-state index contributed by atoms with van der Waals surface area (Å²) in [6, 6.07) is 4.84. The van der Waals surface area contributed by atoms with Crippen LogP contribution in [0.4, 0.5) is 0 Å². The Bertz CT molecular complexity index is 475. The summed E-state index contributed by atoms with van der Waals surface area (Å²) < 4.78 is 9.88. The number of carbonyl (C=O) groups excluding carboxylic acids is 1. The summed E-state index contributed by atoms with van der Waals surface area (Å²) >= 11 is 0. The second-order valence-corrected chi connectivity index (χ2v) is 3.65. The van der Waals surface area contributed by atoms with Gasteiger partial charge in [-0.2, -0.15) is 0 Å². The van der Waals surface area contributed by atoms with Gasteiger partial charge in [0.05, 0.1) is 7.11 Å². The van der Waals surface area contributed by atoms with Gasteiger partial charge in [0.2, 0.25) is 0 Å². The first-order valence-corrected chi connectivity index (χ1v) is 5.41. The SMILES string of the molecule is C=CCOc1cc(/C=C(\C)C(=O)OC)ccc1O. The van der Waals surface area contributed by atoms with Crippen LogP contribution in [0, 0.1) is 0 Å². The summed E-state index contributed by atoms with van der Waals surface area (Å²) in [5.41, 5.74) is 1.22. The minimum atomic E-state index is -0.392. The van der Waals surface area contributed by atoms with Gasteiger partial charge in [0.1, 0.15) is 6.61 Å². The number of hydrogen-bond acceptors (Lipinski definition) is 4. The molecule has 0 atom stereocenters. The van der Waals surface area contributed by atoms with Crippen LogP contribution in [-0.2, 0) is 9.53 Å². The highest BCUT2D eigenvalue weighted by Gasteiger charge is 2.06. The third kappa shape index (κ3) is 3.66. The average molecular weight is 248 g/mol. The third-order valence-electron chi connectivity index (χ3n) is 2.23. The predicted octanol–water partition coefficient (Wildman–Crippen LogP) is 2.53. The van der Waals surface area contributed by atoms with Gasteiger partial charge in [0.15, 0.2) is 11.5 Å². The van der Waals surface area contributed by atoms with Crippen molar-refractivity contribution in [1.82, 2.24) is 0 Å². The van der Waals surface area contributed by atoms with Crippen LogP contribution in [0.5, 0.6) is 11.5 Å². The standard InChI is InChI=1S/C14H16O4/c1-4-7-18-13-9-11(5-6-12(13)15)8-10(2)14(16)17-3/h4-6,8-9,15H,1,7H2,2-3H3/b10-8+. The van der Waals surface area contributed by atoms with Crippen molar-refractivity contribution in [3.8, 4) is 11.5 Å². The van der Waals surface area contributed by atoms with Crippen molar-refractivity contribution in [3.63, 3.8) is 0 Å². The highest BCUT2D eigenvalue weighted by atomic mass is 16.5. The van der Waals surface area contributed by atoms with Gasteiger partial charge in [0, 0.05) is 5.57 Å². The second kappa shape index (κ2) is 6.49. The van der Waals surface area contributed by atoms with E-state index in [0.717, 1.165) is 5.56 Å². The number of rotatable bonds is 5. The fraction of sp³-hybridized carbons (Fsp3) is 0.214. The lowest BCUT2D eigenvalue weighted by atomic mass is 10.1. The van der Waals surface area contributed by atoms with Crippen LogP contribution in [0.15, 0.2) is 36.4 Å². The van der Waals surface area contributed by atoms with E-state index in [0.29, 0.717) is 17.9 Å². The Kier molecular flexibility index (Phi) is 4.99. The molecule has 0 amide bonds. The number of benzene rings is 1. The Hall–Kier alpha value is -2.23. The molecule has 0 saturated carbocycles. The zero-order valence-corrected chi connectivity index (χ0v) is 10.5. The molecule has 0 unspecified atom stereocenters. The van der Waals surface area contributed by atoms with Crippen LogP contribution in [0.3, 0.4) is 0 Å². The molecule has 1 N–H and O–H groups in total. The zero-order chi connectivity index (χ0) is 13.5. The topological polar surface area (TPSA) is 55.8 Å². The van der Waals surface area contributed by atoms with Gasteiger partial charge in [-0.25, -0.2) is 4.79 Å². The van der Waals surface area contributed by atoms with E-state index in [1.165, 1.54) is 13.2 Å². The monoisotopic (exact) mass is 248 g/mol. The lowest BCUT2D eigenvalue weighted by Crippen LogP contribution is -2.01. The van der Waals surface area contributed by atoms with Gasteiger partial charge in [-0.3, -0.25) is 0 Å². The van der Waals surface area contributed by atoms with Gasteiger partial charge in [0.25, 0.3) is 0 Å². The number of phenols is 1. The first-order chi connectivity index (χ1) is 8.58. The number of aromatic hydroxyl groups is 1. The quantitative estimate of drug-likeness (QED) is 0.494. The van der Waals surface area contributed by atoms with Crippen LogP contribution in [-0.4, -0.2) is 24.8 Å². The lowest BCUT2D eigenvalue weighted by molar-refractivity contribution is -0.135. The summed E-state index contributed by atoms with van der Waals surface area (Å²) in [6.45, 7) is 5.49. The largest absolute Gasteiger partial charge is 0.504 e. The second-order valence-electron chi connectivity index (χ2n) is 3.65. The molecule has 1 aromatic carbocycles. The Balaban J connectivity index is 2.97. The maximum absolute atomic E-state index is 11.3. The van der Waals surface area contributed by atoms with E-state index in [4.69, 9.17) is 4.74 Å².